The van der Waals surface area contributed by atoms with Crippen molar-refractivity contribution in [3.8, 4) is 0 Å². The first kappa shape index (κ1) is 17.6. The Labute approximate surface area is 146 Å². The smallest absolute Gasteiger partial charge is 0.331 e. The van der Waals surface area contributed by atoms with Crippen molar-refractivity contribution in [3.05, 3.63) is 79.4 Å². The zero-order valence-corrected chi connectivity index (χ0v) is 13.8. The summed E-state index contributed by atoms with van der Waals surface area (Å²) in [5.74, 6) is -0.583. The predicted molar refractivity (Wildman–Crippen MR) is 83.2 cm³/mol. The first-order valence-electron chi connectivity index (χ1n) is 6.78. The first-order chi connectivity index (χ1) is 10.6. The Morgan fingerprint density at radius 2 is 1.39 bits per heavy atom. The van der Waals surface area contributed by atoms with Crippen LogP contribution in [0.2, 0.25) is 0 Å². The summed E-state index contributed by atoms with van der Waals surface area (Å²) in [6.45, 7) is 4.45. The van der Waals surface area contributed by atoms with Crippen molar-refractivity contribution in [2.75, 3.05) is 0 Å². The quantitative estimate of drug-likeness (QED) is 0.443. The summed E-state index contributed by atoms with van der Waals surface area (Å²) in [6.07, 6.45) is 3.63. The minimum Gasteiger partial charge on any atom is -0.331 e. The van der Waals surface area contributed by atoms with E-state index >= 15 is 0 Å². The molecule has 0 aliphatic carbocycles. The summed E-state index contributed by atoms with van der Waals surface area (Å²) in [7, 11) is -2.47. The molecule has 2 aromatic carbocycles. The molecule has 3 nitrogen and oxygen atoms in total. The molecule has 112 valence electrons. The van der Waals surface area contributed by atoms with Crippen molar-refractivity contribution in [1.82, 2.24) is 14.8 Å². The Morgan fingerprint density at radius 1 is 0.913 bits per heavy atom. The third-order valence-corrected chi connectivity index (χ3v) is 7.43. The number of benzene rings is 2. The second-order valence-corrected chi connectivity index (χ2v) is 8.82. The van der Waals surface area contributed by atoms with E-state index in [-0.39, 0.29) is 30.5 Å². The van der Waals surface area contributed by atoms with Gasteiger partial charge >= 0.3 is 18.9 Å². The number of rotatable bonds is 4. The molecule has 3 rings (SSSR count). The molecule has 0 fully saturated rings. The van der Waals surface area contributed by atoms with Crippen LogP contribution in [0.3, 0.4) is 0 Å². The summed E-state index contributed by atoms with van der Waals surface area (Å²) in [6, 6.07) is 12.7. The zero-order chi connectivity index (χ0) is 15.6. The van der Waals surface area contributed by atoms with Crippen molar-refractivity contribution in [2.24, 2.45) is 0 Å². The van der Waals surface area contributed by atoms with Gasteiger partial charge in [0.25, 0.3) is 0 Å². The molecule has 1 heterocycles. The monoisotopic (exact) mass is 321 g/mol. The summed E-state index contributed by atoms with van der Waals surface area (Å²) in [4.78, 5) is 3.95. The molecule has 0 N–H and O–H groups in total. The van der Waals surface area contributed by atoms with Crippen molar-refractivity contribution in [3.63, 3.8) is 0 Å². The van der Waals surface area contributed by atoms with Gasteiger partial charge in [0, 0.05) is 14.2 Å². The van der Waals surface area contributed by atoms with Crippen LogP contribution in [-0.4, -0.2) is 22.8 Å². The van der Waals surface area contributed by atoms with Crippen LogP contribution in [0.5, 0.6) is 0 Å². The van der Waals surface area contributed by atoms with Gasteiger partial charge in [-0.15, -0.1) is 0 Å². The van der Waals surface area contributed by atoms with Crippen LogP contribution in [0.15, 0.2) is 61.2 Å². The first-order valence-corrected chi connectivity index (χ1v) is 9.19. The second-order valence-electron chi connectivity index (χ2n) is 5.19. The van der Waals surface area contributed by atoms with Crippen molar-refractivity contribution in [2.45, 2.75) is 6.17 Å². The van der Waals surface area contributed by atoms with Gasteiger partial charge in [0.15, 0.2) is 0 Å². The van der Waals surface area contributed by atoms with Gasteiger partial charge in [0.05, 0.1) is 0 Å². The third-order valence-electron chi connectivity index (χ3n) is 3.69. The maximum absolute atomic E-state index is 13.2. The number of hydrogen-bond acceptors (Lipinski definition) is 2. The average Bonchev–Trinajstić information content (AvgIpc) is 3.01. The molecule has 0 aliphatic rings. The van der Waals surface area contributed by atoms with Crippen molar-refractivity contribution >= 4 is 18.4 Å². The minimum atomic E-state index is -2.47. The number of hydrogen-bond donors (Lipinski definition) is 0. The normalized spacial score (nSPS) is 11.1. The van der Waals surface area contributed by atoms with E-state index in [1.54, 1.807) is 35.3 Å². The Morgan fingerprint density at radius 3 is 1.78 bits per heavy atom. The molecule has 0 spiro atoms. The van der Waals surface area contributed by atoms with Crippen LogP contribution in [0.25, 0.3) is 0 Å². The SMILES string of the molecule is [CH2-][Si](Cn1cncn1)(c1ccc(F)cc1)c1ccc(F)cc1.[Li+]. The molecule has 1 aromatic heterocycles. The van der Waals surface area contributed by atoms with Gasteiger partial charge in [0.2, 0.25) is 0 Å². The van der Waals surface area contributed by atoms with E-state index in [1.807, 2.05) is 0 Å². The molecule has 0 radical (unpaired) electrons. The number of halogens is 2. The fourth-order valence-corrected chi connectivity index (χ4v) is 5.50. The van der Waals surface area contributed by atoms with E-state index in [0.717, 1.165) is 10.4 Å². The minimum absolute atomic E-state index is 0. The molecule has 0 amide bonds. The standard InChI is InChI=1S/C16H14F2N3Si.Li/c1-22(12-21-11-19-10-20-21,15-6-2-13(17)3-7-15)16-8-4-14(18)5-9-16;/h2-11H,1,12H2;/q-1;+1. The maximum atomic E-state index is 13.2. The molecule has 7 heteroatoms. The summed E-state index contributed by atoms with van der Waals surface area (Å²) < 4.78 is 28.2. The third kappa shape index (κ3) is 3.78. The van der Waals surface area contributed by atoms with Crippen molar-refractivity contribution in [1.29, 1.82) is 0 Å². The summed E-state index contributed by atoms with van der Waals surface area (Å²) in [5.41, 5.74) is 0. The molecule has 3 aromatic rings. The van der Waals surface area contributed by atoms with E-state index in [1.165, 1.54) is 30.6 Å². The summed E-state index contributed by atoms with van der Waals surface area (Å²) >= 11 is 0. The zero-order valence-electron chi connectivity index (χ0n) is 12.8. The molecule has 0 bridgehead atoms. The van der Waals surface area contributed by atoms with Gasteiger partial charge in [-0.2, -0.15) is 5.10 Å². The number of aromatic nitrogens is 3. The van der Waals surface area contributed by atoms with Gasteiger partial charge in [-0.3, -0.25) is 4.68 Å². The van der Waals surface area contributed by atoms with Crippen molar-refractivity contribution < 1.29 is 27.6 Å². The Kier molecular flexibility index (Phi) is 5.52. The van der Waals surface area contributed by atoms with Gasteiger partial charge in [0.1, 0.15) is 24.3 Å². The number of nitrogens with zero attached hydrogens (tertiary/aromatic N) is 3. The topological polar surface area (TPSA) is 30.7 Å². The molecule has 0 unspecified atom stereocenters. The second kappa shape index (κ2) is 7.22. The average molecular weight is 321 g/mol. The van der Waals surface area contributed by atoms with Crippen LogP contribution in [-0.2, 0) is 6.17 Å². The molecule has 0 saturated carbocycles. The molecule has 0 aliphatic heterocycles. The Balaban J connectivity index is 0.00000192. The molecular weight excluding hydrogens is 307 g/mol. The van der Waals surface area contributed by atoms with Crippen LogP contribution >= 0.6 is 0 Å². The van der Waals surface area contributed by atoms with E-state index in [0.29, 0.717) is 6.17 Å². The largest absolute Gasteiger partial charge is 1.00 e. The van der Waals surface area contributed by atoms with Crippen LogP contribution in [0.4, 0.5) is 8.78 Å². The van der Waals surface area contributed by atoms with Crippen LogP contribution in [0.1, 0.15) is 0 Å². The Hall–Kier alpha value is -1.75. The van der Waals surface area contributed by atoms with Crippen LogP contribution < -0.4 is 29.2 Å². The molecule has 0 saturated heterocycles. The fraction of sp³-hybridized carbons (Fsp3) is 0.0625. The predicted octanol–water partition coefficient (Wildman–Crippen LogP) is -1.26. The van der Waals surface area contributed by atoms with E-state index in [9.17, 15) is 8.78 Å². The Bertz CT molecular complexity index is 701. The van der Waals surface area contributed by atoms with Crippen LogP contribution in [0, 0.1) is 18.2 Å². The summed E-state index contributed by atoms with van der Waals surface area (Å²) in [5, 5.41) is 6.05. The van der Waals surface area contributed by atoms with E-state index < -0.39 is 8.07 Å². The maximum Gasteiger partial charge on any atom is 1.00 e. The van der Waals surface area contributed by atoms with Gasteiger partial charge in [-0.05, 0) is 24.3 Å². The molecule has 0 atom stereocenters. The van der Waals surface area contributed by atoms with Gasteiger partial charge < -0.3 is 6.55 Å². The van der Waals surface area contributed by atoms with E-state index in [4.69, 9.17) is 0 Å². The fourth-order valence-electron chi connectivity index (χ4n) is 2.48. The molecular formula is C16H14F2LiN3Si. The van der Waals surface area contributed by atoms with E-state index in [2.05, 4.69) is 16.6 Å². The van der Waals surface area contributed by atoms with Gasteiger partial charge in [-0.1, -0.05) is 34.6 Å². The molecule has 23 heavy (non-hydrogen) atoms. The van der Waals surface area contributed by atoms with Gasteiger partial charge in [-0.25, -0.2) is 13.8 Å².